The van der Waals surface area contributed by atoms with Crippen molar-refractivity contribution in [2.24, 2.45) is 0 Å². The minimum Gasteiger partial charge on any atom is -0.479 e. The van der Waals surface area contributed by atoms with Crippen molar-refractivity contribution in [3.8, 4) is 5.75 Å². The van der Waals surface area contributed by atoms with E-state index in [9.17, 15) is 9.59 Å². The fourth-order valence-electron chi connectivity index (χ4n) is 2.98. The van der Waals surface area contributed by atoms with Crippen molar-refractivity contribution in [3.05, 3.63) is 59.1 Å². The van der Waals surface area contributed by atoms with Gasteiger partial charge in [0.15, 0.2) is 6.10 Å². The molecule has 2 aromatic rings. The van der Waals surface area contributed by atoms with Crippen molar-refractivity contribution in [1.82, 2.24) is 5.32 Å². The topological polar surface area (TPSA) is 58.6 Å². The summed E-state index contributed by atoms with van der Waals surface area (Å²) < 4.78 is 5.61. The number of ether oxygens (including phenoxy) is 1. The zero-order valence-electron chi connectivity index (χ0n) is 14.7. The Morgan fingerprint density at radius 2 is 2.04 bits per heavy atom. The maximum atomic E-state index is 12.4. The first-order valence-corrected chi connectivity index (χ1v) is 8.95. The summed E-state index contributed by atoms with van der Waals surface area (Å²) in [5.41, 5.74) is 1.64. The molecule has 3 rings (SSSR count). The Labute approximate surface area is 157 Å². The van der Waals surface area contributed by atoms with E-state index in [1.54, 1.807) is 17.9 Å². The van der Waals surface area contributed by atoms with Gasteiger partial charge in [-0.05, 0) is 43.7 Å². The number of hydrogen-bond donors (Lipinski definition) is 1. The van der Waals surface area contributed by atoms with Crippen LogP contribution in [-0.2, 0) is 9.59 Å². The van der Waals surface area contributed by atoms with E-state index in [4.69, 9.17) is 16.3 Å². The normalized spacial score (nSPS) is 17.3. The average molecular weight is 373 g/mol. The lowest BCUT2D eigenvalue weighted by molar-refractivity contribution is -0.125. The molecule has 2 aromatic carbocycles. The van der Waals surface area contributed by atoms with Gasteiger partial charge in [-0.2, -0.15) is 0 Å². The van der Waals surface area contributed by atoms with Crippen LogP contribution < -0.4 is 15.0 Å². The van der Waals surface area contributed by atoms with Crippen LogP contribution in [0.2, 0.25) is 5.02 Å². The van der Waals surface area contributed by atoms with Gasteiger partial charge in [0.05, 0.1) is 11.7 Å². The van der Waals surface area contributed by atoms with Crippen molar-refractivity contribution in [2.75, 3.05) is 11.4 Å². The molecule has 136 valence electrons. The lowest BCUT2D eigenvalue weighted by atomic mass is 10.1. The second kappa shape index (κ2) is 7.79. The molecule has 0 fully saturated rings. The van der Waals surface area contributed by atoms with Crippen LogP contribution in [0.25, 0.3) is 0 Å². The molecule has 1 aliphatic heterocycles. The monoisotopic (exact) mass is 372 g/mol. The SMILES string of the molecule is C[C@H](NC(=O)CCN1C(=O)[C@@H](C)Oc2ccccc21)c1cccc(Cl)c1. The fourth-order valence-corrected chi connectivity index (χ4v) is 3.17. The van der Waals surface area contributed by atoms with Gasteiger partial charge in [-0.25, -0.2) is 0 Å². The summed E-state index contributed by atoms with van der Waals surface area (Å²) >= 11 is 6.00. The van der Waals surface area contributed by atoms with Crippen molar-refractivity contribution >= 4 is 29.1 Å². The number of nitrogens with zero attached hydrogens (tertiary/aromatic N) is 1. The van der Waals surface area contributed by atoms with E-state index in [1.165, 1.54) is 0 Å². The fraction of sp³-hybridized carbons (Fsp3) is 0.300. The summed E-state index contributed by atoms with van der Waals surface area (Å²) in [4.78, 5) is 26.4. The zero-order chi connectivity index (χ0) is 18.7. The molecule has 0 saturated heterocycles. The standard InChI is InChI=1S/C20H21ClN2O3/c1-13(15-6-5-7-16(21)12-15)22-19(24)10-11-23-17-8-3-4-9-18(17)26-14(2)20(23)25/h3-9,12-14H,10-11H2,1-2H3,(H,22,24)/t13-,14+/m0/s1. The number of anilines is 1. The van der Waals surface area contributed by atoms with Crippen LogP contribution in [0.1, 0.15) is 31.9 Å². The average Bonchev–Trinajstić information content (AvgIpc) is 2.62. The Kier molecular flexibility index (Phi) is 5.47. The van der Waals surface area contributed by atoms with E-state index in [1.807, 2.05) is 49.4 Å². The lowest BCUT2D eigenvalue weighted by Gasteiger charge is -2.32. The highest BCUT2D eigenvalue weighted by atomic mass is 35.5. The summed E-state index contributed by atoms with van der Waals surface area (Å²) in [6, 6.07) is 14.6. The van der Waals surface area contributed by atoms with Crippen LogP contribution in [0.5, 0.6) is 5.75 Å². The second-order valence-corrected chi connectivity index (χ2v) is 6.75. The summed E-state index contributed by atoms with van der Waals surface area (Å²) in [6.07, 6.45) is -0.351. The molecule has 1 heterocycles. The quantitative estimate of drug-likeness (QED) is 0.870. The molecular weight excluding hydrogens is 352 g/mol. The van der Waals surface area contributed by atoms with Crippen LogP contribution in [0.15, 0.2) is 48.5 Å². The second-order valence-electron chi connectivity index (χ2n) is 6.31. The van der Waals surface area contributed by atoms with E-state index in [-0.39, 0.29) is 24.3 Å². The van der Waals surface area contributed by atoms with E-state index in [0.717, 1.165) is 5.56 Å². The van der Waals surface area contributed by atoms with Crippen molar-refractivity contribution in [3.63, 3.8) is 0 Å². The van der Waals surface area contributed by atoms with E-state index < -0.39 is 6.10 Å². The predicted molar refractivity (Wildman–Crippen MR) is 102 cm³/mol. The van der Waals surface area contributed by atoms with Gasteiger partial charge < -0.3 is 15.0 Å². The van der Waals surface area contributed by atoms with E-state index in [2.05, 4.69) is 5.32 Å². The first-order valence-electron chi connectivity index (χ1n) is 8.57. The Balaban J connectivity index is 1.63. The number of carbonyl (C=O) groups excluding carboxylic acids is 2. The maximum absolute atomic E-state index is 12.4. The number of hydrogen-bond acceptors (Lipinski definition) is 3. The molecule has 0 aromatic heterocycles. The van der Waals surface area contributed by atoms with Gasteiger partial charge in [0.25, 0.3) is 5.91 Å². The molecule has 0 unspecified atom stereocenters. The van der Waals surface area contributed by atoms with E-state index >= 15 is 0 Å². The van der Waals surface area contributed by atoms with Gasteiger partial charge in [0, 0.05) is 18.0 Å². The molecule has 0 spiro atoms. The lowest BCUT2D eigenvalue weighted by Crippen LogP contribution is -2.45. The number of carbonyl (C=O) groups is 2. The number of halogens is 1. The van der Waals surface area contributed by atoms with Crippen LogP contribution in [0, 0.1) is 0 Å². The van der Waals surface area contributed by atoms with Gasteiger partial charge in [0.2, 0.25) is 5.91 Å². The summed E-state index contributed by atoms with van der Waals surface area (Å²) in [5.74, 6) is 0.397. The number of amides is 2. The maximum Gasteiger partial charge on any atom is 0.267 e. The Morgan fingerprint density at radius 1 is 1.27 bits per heavy atom. The number of benzene rings is 2. The summed E-state index contributed by atoms with van der Waals surface area (Å²) in [7, 11) is 0. The van der Waals surface area contributed by atoms with Gasteiger partial charge in [0.1, 0.15) is 5.75 Å². The molecule has 1 aliphatic rings. The highest BCUT2D eigenvalue weighted by molar-refractivity contribution is 6.30. The molecule has 0 saturated carbocycles. The first kappa shape index (κ1) is 18.3. The minimum absolute atomic E-state index is 0.123. The molecule has 6 heteroatoms. The number of nitrogens with one attached hydrogen (secondary N) is 1. The van der Waals surface area contributed by atoms with Crippen LogP contribution >= 0.6 is 11.6 Å². The predicted octanol–water partition coefficient (Wildman–Crippen LogP) is 3.72. The number of para-hydroxylation sites is 2. The summed E-state index contributed by atoms with van der Waals surface area (Å²) in [6.45, 7) is 3.92. The van der Waals surface area contributed by atoms with Crippen LogP contribution in [0.4, 0.5) is 5.69 Å². The molecule has 0 bridgehead atoms. The smallest absolute Gasteiger partial charge is 0.267 e. The summed E-state index contributed by atoms with van der Waals surface area (Å²) in [5, 5.41) is 3.58. The Morgan fingerprint density at radius 3 is 2.81 bits per heavy atom. The third kappa shape index (κ3) is 3.99. The molecule has 0 aliphatic carbocycles. The third-order valence-electron chi connectivity index (χ3n) is 4.36. The van der Waals surface area contributed by atoms with Crippen LogP contribution in [0.3, 0.4) is 0 Å². The van der Waals surface area contributed by atoms with Crippen LogP contribution in [-0.4, -0.2) is 24.5 Å². The van der Waals surface area contributed by atoms with Gasteiger partial charge in [-0.3, -0.25) is 9.59 Å². The van der Waals surface area contributed by atoms with E-state index in [0.29, 0.717) is 23.0 Å². The molecule has 26 heavy (non-hydrogen) atoms. The number of fused-ring (bicyclic) bond motifs is 1. The first-order chi connectivity index (χ1) is 12.5. The van der Waals surface area contributed by atoms with Crippen molar-refractivity contribution < 1.29 is 14.3 Å². The molecule has 1 N–H and O–H groups in total. The molecule has 2 atom stereocenters. The van der Waals surface area contributed by atoms with Crippen molar-refractivity contribution in [2.45, 2.75) is 32.4 Å². The molecule has 5 nitrogen and oxygen atoms in total. The van der Waals surface area contributed by atoms with Crippen molar-refractivity contribution in [1.29, 1.82) is 0 Å². The van der Waals surface area contributed by atoms with Gasteiger partial charge in [-0.1, -0.05) is 35.9 Å². The van der Waals surface area contributed by atoms with Gasteiger partial charge >= 0.3 is 0 Å². The molecular formula is C20H21ClN2O3. The third-order valence-corrected chi connectivity index (χ3v) is 4.60. The molecule has 0 radical (unpaired) electrons. The largest absolute Gasteiger partial charge is 0.479 e. The minimum atomic E-state index is -0.557. The zero-order valence-corrected chi connectivity index (χ0v) is 15.5. The van der Waals surface area contributed by atoms with Gasteiger partial charge in [-0.15, -0.1) is 0 Å². The highest BCUT2D eigenvalue weighted by Gasteiger charge is 2.31. The Bertz CT molecular complexity index is 824. The highest BCUT2D eigenvalue weighted by Crippen LogP contribution is 2.33. The number of rotatable bonds is 5. The molecule has 2 amide bonds. The Hall–Kier alpha value is -2.53.